The highest BCUT2D eigenvalue weighted by molar-refractivity contribution is 5.75. The Bertz CT molecular complexity index is 613. The SMILES string of the molecule is C=C/C=C/N=CNC(=C)c1ccc2c(c1)CCC(N)[C@@H](CC)C2. The predicted molar refractivity (Wildman–Crippen MR) is 100 cm³/mol. The van der Waals surface area contributed by atoms with E-state index in [0.29, 0.717) is 12.0 Å². The molecule has 0 amide bonds. The molecule has 0 spiro atoms. The van der Waals surface area contributed by atoms with Gasteiger partial charge in [-0.2, -0.15) is 0 Å². The van der Waals surface area contributed by atoms with Gasteiger partial charge in [-0.05, 0) is 54.0 Å². The Hall–Kier alpha value is -2.13. The van der Waals surface area contributed by atoms with Crippen LogP contribution in [0.3, 0.4) is 0 Å². The molecule has 122 valence electrons. The second-order valence-corrected chi connectivity index (χ2v) is 6.04. The zero-order valence-electron chi connectivity index (χ0n) is 14.0. The van der Waals surface area contributed by atoms with Gasteiger partial charge in [-0.15, -0.1) is 0 Å². The van der Waals surface area contributed by atoms with Gasteiger partial charge in [0.25, 0.3) is 0 Å². The van der Waals surface area contributed by atoms with Crippen LogP contribution in [0, 0.1) is 5.92 Å². The third-order valence-corrected chi connectivity index (χ3v) is 4.54. The van der Waals surface area contributed by atoms with Crippen LogP contribution in [-0.4, -0.2) is 12.4 Å². The van der Waals surface area contributed by atoms with E-state index in [4.69, 9.17) is 5.73 Å². The number of aliphatic imine (C=N–C) groups is 1. The van der Waals surface area contributed by atoms with E-state index >= 15 is 0 Å². The molecule has 0 saturated heterocycles. The van der Waals surface area contributed by atoms with E-state index in [1.54, 1.807) is 24.7 Å². The largest absolute Gasteiger partial charge is 0.346 e. The lowest BCUT2D eigenvalue weighted by atomic mass is 9.91. The highest BCUT2D eigenvalue weighted by Gasteiger charge is 2.22. The summed E-state index contributed by atoms with van der Waals surface area (Å²) in [5.74, 6) is 0.590. The normalized spacial score (nSPS) is 21.1. The van der Waals surface area contributed by atoms with E-state index in [-0.39, 0.29) is 0 Å². The molecule has 1 aliphatic rings. The highest BCUT2D eigenvalue weighted by atomic mass is 14.9. The van der Waals surface area contributed by atoms with Crippen LogP contribution >= 0.6 is 0 Å². The molecule has 0 radical (unpaired) electrons. The third-order valence-electron chi connectivity index (χ3n) is 4.54. The first-order valence-corrected chi connectivity index (χ1v) is 8.28. The molecule has 2 atom stereocenters. The number of fused-ring (bicyclic) bond motifs is 1. The molecule has 0 saturated carbocycles. The molecule has 3 N–H and O–H groups in total. The van der Waals surface area contributed by atoms with Gasteiger partial charge in [0, 0.05) is 17.9 Å². The molecular weight excluding hydrogens is 282 g/mol. The van der Waals surface area contributed by atoms with Crippen LogP contribution in [0.15, 0.2) is 54.7 Å². The van der Waals surface area contributed by atoms with Gasteiger partial charge in [-0.25, -0.2) is 4.99 Å². The predicted octanol–water partition coefficient (Wildman–Crippen LogP) is 3.82. The molecule has 0 fully saturated rings. The second-order valence-electron chi connectivity index (χ2n) is 6.04. The van der Waals surface area contributed by atoms with Crippen molar-refractivity contribution in [2.45, 2.75) is 38.6 Å². The average Bonchev–Trinajstić information content (AvgIpc) is 2.73. The van der Waals surface area contributed by atoms with E-state index in [9.17, 15) is 0 Å². The molecule has 1 aliphatic carbocycles. The zero-order valence-corrected chi connectivity index (χ0v) is 14.0. The summed E-state index contributed by atoms with van der Waals surface area (Å²) >= 11 is 0. The number of hydrogen-bond donors (Lipinski definition) is 2. The van der Waals surface area contributed by atoms with E-state index < -0.39 is 0 Å². The van der Waals surface area contributed by atoms with Crippen molar-refractivity contribution in [1.82, 2.24) is 5.32 Å². The summed E-state index contributed by atoms with van der Waals surface area (Å²) in [5, 5.41) is 3.11. The highest BCUT2D eigenvalue weighted by Crippen LogP contribution is 2.27. The number of allylic oxidation sites excluding steroid dienone is 2. The lowest BCUT2D eigenvalue weighted by Crippen LogP contribution is -2.30. The van der Waals surface area contributed by atoms with E-state index in [1.807, 2.05) is 0 Å². The minimum Gasteiger partial charge on any atom is -0.346 e. The summed E-state index contributed by atoms with van der Waals surface area (Å²) in [4.78, 5) is 4.09. The Labute approximate surface area is 139 Å². The third kappa shape index (κ3) is 4.67. The van der Waals surface area contributed by atoms with Crippen LogP contribution < -0.4 is 11.1 Å². The molecule has 0 aliphatic heterocycles. The molecule has 0 heterocycles. The Morgan fingerprint density at radius 1 is 1.43 bits per heavy atom. The van der Waals surface area contributed by atoms with Crippen molar-refractivity contribution < 1.29 is 0 Å². The summed E-state index contributed by atoms with van der Waals surface area (Å²) < 4.78 is 0. The molecule has 2 rings (SSSR count). The summed E-state index contributed by atoms with van der Waals surface area (Å²) in [6.07, 6.45) is 11.1. The molecule has 23 heavy (non-hydrogen) atoms. The van der Waals surface area contributed by atoms with Crippen LogP contribution in [0.4, 0.5) is 0 Å². The van der Waals surface area contributed by atoms with Gasteiger partial charge in [-0.3, -0.25) is 0 Å². The Morgan fingerprint density at radius 2 is 2.26 bits per heavy atom. The molecule has 3 heteroatoms. The average molecular weight is 309 g/mol. The maximum atomic E-state index is 6.31. The maximum Gasteiger partial charge on any atom is 0.0922 e. The van der Waals surface area contributed by atoms with Crippen molar-refractivity contribution in [2.24, 2.45) is 16.6 Å². The first-order chi connectivity index (χ1) is 11.2. The molecule has 0 bridgehead atoms. The quantitative estimate of drug-likeness (QED) is 0.363. The smallest absolute Gasteiger partial charge is 0.0922 e. The number of nitrogens with two attached hydrogens (primary N) is 1. The van der Waals surface area contributed by atoms with E-state index in [1.165, 1.54) is 11.1 Å². The standard InChI is InChI=1S/C20H27N3/c1-4-6-11-22-14-23-15(3)17-7-8-18-12-16(5-2)20(21)10-9-19(18)13-17/h4,6-8,11,13-14,16,20H,1,3,5,9-10,12,21H2,2H3,(H,22,23)/b11-6+/t16-,20?/m0/s1. The van der Waals surface area contributed by atoms with Crippen molar-refractivity contribution in [2.75, 3.05) is 0 Å². The minimum absolute atomic E-state index is 0.306. The van der Waals surface area contributed by atoms with Gasteiger partial charge in [0.1, 0.15) is 0 Å². The summed E-state index contributed by atoms with van der Waals surface area (Å²) in [6.45, 7) is 9.92. The van der Waals surface area contributed by atoms with Gasteiger partial charge >= 0.3 is 0 Å². The van der Waals surface area contributed by atoms with Crippen molar-refractivity contribution in [1.29, 1.82) is 0 Å². The van der Waals surface area contributed by atoms with Crippen LogP contribution in [0.25, 0.3) is 5.70 Å². The number of benzene rings is 1. The van der Waals surface area contributed by atoms with Gasteiger partial charge in [-0.1, -0.05) is 44.7 Å². The number of aryl methyl sites for hydroxylation is 1. The fourth-order valence-electron chi connectivity index (χ4n) is 3.04. The zero-order chi connectivity index (χ0) is 16.7. The van der Waals surface area contributed by atoms with Crippen molar-refractivity contribution in [3.05, 3.63) is 66.4 Å². The van der Waals surface area contributed by atoms with Crippen LogP contribution in [0.1, 0.15) is 36.5 Å². The number of rotatable bonds is 6. The summed E-state index contributed by atoms with van der Waals surface area (Å²) in [6, 6.07) is 6.90. The first-order valence-electron chi connectivity index (χ1n) is 8.28. The van der Waals surface area contributed by atoms with Gasteiger partial charge in [0.15, 0.2) is 0 Å². The minimum atomic E-state index is 0.306. The fraction of sp³-hybridized carbons (Fsp3) is 0.350. The first kappa shape index (κ1) is 17.2. The lowest BCUT2D eigenvalue weighted by Gasteiger charge is -2.19. The van der Waals surface area contributed by atoms with Gasteiger partial charge in [0.05, 0.1) is 6.34 Å². The van der Waals surface area contributed by atoms with Gasteiger partial charge < -0.3 is 11.1 Å². The number of nitrogens with one attached hydrogen (secondary N) is 1. The summed E-state index contributed by atoms with van der Waals surface area (Å²) in [7, 11) is 0. The fourth-order valence-corrected chi connectivity index (χ4v) is 3.04. The van der Waals surface area contributed by atoms with Crippen LogP contribution in [0.5, 0.6) is 0 Å². The number of nitrogens with zero attached hydrogens (tertiary/aromatic N) is 1. The van der Waals surface area contributed by atoms with E-state index in [2.05, 4.69) is 48.6 Å². The Balaban J connectivity index is 2.09. The van der Waals surface area contributed by atoms with Crippen molar-refractivity contribution >= 4 is 12.0 Å². The number of hydrogen-bond acceptors (Lipinski definition) is 2. The molecule has 1 aromatic carbocycles. The molecule has 1 aromatic rings. The van der Waals surface area contributed by atoms with Gasteiger partial charge in [0.2, 0.25) is 0 Å². The Kier molecular flexibility index (Phi) is 6.36. The summed E-state index contributed by atoms with van der Waals surface area (Å²) in [5.41, 5.74) is 11.1. The van der Waals surface area contributed by atoms with Crippen LogP contribution in [0.2, 0.25) is 0 Å². The van der Waals surface area contributed by atoms with Crippen molar-refractivity contribution in [3.8, 4) is 0 Å². The van der Waals surface area contributed by atoms with Crippen LogP contribution in [-0.2, 0) is 12.8 Å². The maximum absolute atomic E-state index is 6.31. The topological polar surface area (TPSA) is 50.4 Å². The molecule has 0 aromatic heterocycles. The molecule has 1 unspecified atom stereocenters. The lowest BCUT2D eigenvalue weighted by molar-refractivity contribution is 0.398. The Morgan fingerprint density at radius 3 is 3.00 bits per heavy atom. The van der Waals surface area contributed by atoms with E-state index in [0.717, 1.165) is 36.9 Å². The molecule has 3 nitrogen and oxygen atoms in total. The second kappa shape index (κ2) is 8.49. The van der Waals surface area contributed by atoms with Crippen molar-refractivity contribution in [3.63, 3.8) is 0 Å². The molecular formula is C20H27N3. The monoisotopic (exact) mass is 309 g/mol.